The predicted octanol–water partition coefficient (Wildman–Crippen LogP) is 1.83. The van der Waals surface area contributed by atoms with E-state index in [0.29, 0.717) is 19.7 Å². The molecule has 1 saturated heterocycles. The molecule has 2 rings (SSSR count). The first-order chi connectivity index (χ1) is 12.1. The SMILES string of the molecule is COCC(C)NC(=O)CN(Cc1ccccc1OC)CC1CCCO1. The summed E-state index contributed by atoms with van der Waals surface area (Å²) < 4.78 is 16.3. The fourth-order valence-electron chi connectivity index (χ4n) is 3.15. The van der Waals surface area contributed by atoms with Crippen LogP contribution in [0.25, 0.3) is 0 Å². The van der Waals surface area contributed by atoms with E-state index in [1.54, 1.807) is 14.2 Å². The number of amides is 1. The van der Waals surface area contributed by atoms with Gasteiger partial charge in [-0.05, 0) is 25.8 Å². The fourth-order valence-corrected chi connectivity index (χ4v) is 3.15. The Hall–Kier alpha value is -1.63. The number of benzene rings is 1. The van der Waals surface area contributed by atoms with Gasteiger partial charge in [-0.2, -0.15) is 0 Å². The minimum Gasteiger partial charge on any atom is -0.496 e. The number of nitrogens with zero attached hydrogens (tertiary/aromatic N) is 1. The summed E-state index contributed by atoms with van der Waals surface area (Å²) in [4.78, 5) is 14.5. The first-order valence-electron chi connectivity index (χ1n) is 8.86. The van der Waals surface area contributed by atoms with Crippen molar-refractivity contribution in [2.45, 2.75) is 38.5 Å². The maximum Gasteiger partial charge on any atom is 0.234 e. The van der Waals surface area contributed by atoms with Gasteiger partial charge in [0, 0.05) is 38.4 Å². The molecule has 140 valence electrons. The zero-order valence-electron chi connectivity index (χ0n) is 15.5. The highest BCUT2D eigenvalue weighted by Gasteiger charge is 2.22. The zero-order chi connectivity index (χ0) is 18.1. The van der Waals surface area contributed by atoms with E-state index in [4.69, 9.17) is 14.2 Å². The molecular formula is C19H30N2O4. The van der Waals surface area contributed by atoms with E-state index in [1.807, 2.05) is 31.2 Å². The Kier molecular flexibility index (Phi) is 8.18. The molecule has 6 heteroatoms. The minimum atomic E-state index is -0.00616. The number of hydrogen-bond acceptors (Lipinski definition) is 5. The summed E-state index contributed by atoms with van der Waals surface area (Å²) in [5.41, 5.74) is 1.07. The molecule has 1 N–H and O–H groups in total. The molecule has 0 bridgehead atoms. The van der Waals surface area contributed by atoms with Crippen molar-refractivity contribution in [3.63, 3.8) is 0 Å². The highest BCUT2D eigenvalue weighted by atomic mass is 16.5. The van der Waals surface area contributed by atoms with Crippen LogP contribution in [0.5, 0.6) is 5.75 Å². The lowest BCUT2D eigenvalue weighted by Crippen LogP contribution is -2.44. The Labute approximate surface area is 150 Å². The summed E-state index contributed by atoms with van der Waals surface area (Å²) in [5, 5.41) is 2.97. The van der Waals surface area contributed by atoms with Crippen molar-refractivity contribution < 1.29 is 19.0 Å². The molecule has 1 amide bonds. The standard InChI is InChI=1S/C19H30N2O4/c1-15(14-23-2)20-19(22)13-21(12-17-8-6-10-25-17)11-16-7-4-5-9-18(16)24-3/h4-5,7,9,15,17H,6,8,10-14H2,1-3H3,(H,20,22). The molecule has 2 unspecified atom stereocenters. The lowest BCUT2D eigenvalue weighted by molar-refractivity contribution is -0.123. The summed E-state index contributed by atoms with van der Waals surface area (Å²) in [7, 11) is 3.30. The van der Waals surface area contributed by atoms with Gasteiger partial charge in [0.25, 0.3) is 0 Å². The molecule has 0 spiro atoms. The van der Waals surface area contributed by atoms with E-state index in [0.717, 1.165) is 37.3 Å². The number of ether oxygens (including phenoxy) is 3. The smallest absolute Gasteiger partial charge is 0.234 e. The molecule has 1 fully saturated rings. The maximum absolute atomic E-state index is 12.4. The van der Waals surface area contributed by atoms with Crippen LogP contribution in [0.1, 0.15) is 25.3 Å². The third-order valence-electron chi connectivity index (χ3n) is 4.26. The summed E-state index contributed by atoms with van der Waals surface area (Å²) in [6.45, 7) is 4.96. The molecule has 1 aromatic rings. The molecule has 1 aliphatic rings. The van der Waals surface area contributed by atoms with Gasteiger partial charge in [0.15, 0.2) is 0 Å². The second-order valence-corrected chi connectivity index (χ2v) is 6.54. The van der Waals surface area contributed by atoms with Crippen LogP contribution in [0.4, 0.5) is 0 Å². The van der Waals surface area contributed by atoms with Crippen molar-refractivity contribution in [1.29, 1.82) is 0 Å². The van der Waals surface area contributed by atoms with Gasteiger partial charge in [0.1, 0.15) is 5.75 Å². The first kappa shape index (κ1) is 19.7. The third-order valence-corrected chi connectivity index (χ3v) is 4.26. The van der Waals surface area contributed by atoms with Crippen molar-refractivity contribution in [1.82, 2.24) is 10.2 Å². The molecule has 1 aliphatic heterocycles. The molecule has 1 aromatic carbocycles. The number of hydrogen-bond donors (Lipinski definition) is 1. The number of carbonyl (C=O) groups excluding carboxylic acids is 1. The van der Waals surface area contributed by atoms with Crippen molar-refractivity contribution in [2.75, 3.05) is 40.5 Å². The largest absolute Gasteiger partial charge is 0.496 e. The minimum absolute atomic E-state index is 0.00237. The van der Waals surface area contributed by atoms with Crippen LogP contribution in [-0.4, -0.2) is 63.5 Å². The fraction of sp³-hybridized carbons (Fsp3) is 0.632. The average molecular weight is 350 g/mol. The monoisotopic (exact) mass is 350 g/mol. The molecule has 0 aliphatic carbocycles. The van der Waals surface area contributed by atoms with E-state index in [-0.39, 0.29) is 18.1 Å². The average Bonchev–Trinajstić information content (AvgIpc) is 3.08. The van der Waals surface area contributed by atoms with Gasteiger partial charge in [-0.1, -0.05) is 18.2 Å². The van der Waals surface area contributed by atoms with Crippen molar-refractivity contribution in [3.05, 3.63) is 29.8 Å². The summed E-state index contributed by atoms with van der Waals surface area (Å²) in [6.07, 6.45) is 2.33. The maximum atomic E-state index is 12.4. The third kappa shape index (κ3) is 6.65. The summed E-state index contributed by atoms with van der Waals surface area (Å²) >= 11 is 0. The Morgan fingerprint density at radius 1 is 1.40 bits per heavy atom. The Balaban J connectivity index is 2.00. The number of carbonyl (C=O) groups is 1. The van der Waals surface area contributed by atoms with E-state index < -0.39 is 0 Å². The van der Waals surface area contributed by atoms with Gasteiger partial charge in [-0.3, -0.25) is 9.69 Å². The van der Waals surface area contributed by atoms with Gasteiger partial charge in [0.05, 0.1) is 26.4 Å². The molecule has 0 aromatic heterocycles. The normalized spacial score (nSPS) is 18.3. The molecule has 2 atom stereocenters. The molecule has 25 heavy (non-hydrogen) atoms. The van der Waals surface area contributed by atoms with Crippen LogP contribution in [0.3, 0.4) is 0 Å². The van der Waals surface area contributed by atoms with Gasteiger partial charge in [0.2, 0.25) is 5.91 Å². The highest BCUT2D eigenvalue weighted by molar-refractivity contribution is 5.78. The van der Waals surface area contributed by atoms with Crippen LogP contribution in [0, 0.1) is 0 Å². The van der Waals surface area contributed by atoms with E-state index in [2.05, 4.69) is 10.2 Å². The van der Waals surface area contributed by atoms with Crippen LogP contribution >= 0.6 is 0 Å². The van der Waals surface area contributed by atoms with E-state index >= 15 is 0 Å². The van der Waals surface area contributed by atoms with Crippen LogP contribution in [0.15, 0.2) is 24.3 Å². The molecule has 6 nitrogen and oxygen atoms in total. The Morgan fingerprint density at radius 2 is 2.20 bits per heavy atom. The van der Waals surface area contributed by atoms with E-state index in [1.165, 1.54) is 0 Å². The molecular weight excluding hydrogens is 320 g/mol. The number of rotatable bonds is 10. The lowest BCUT2D eigenvalue weighted by Gasteiger charge is -2.26. The lowest BCUT2D eigenvalue weighted by atomic mass is 10.1. The zero-order valence-corrected chi connectivity index (χ0v) is 15.5. The van der Waals surface area contributed by atoms with Gasteiger partial charge in [-0.25, -0.2) is 0 Å². The summed E-state index contributed by atoms with van der Waals surface area (Å²) in [6, 6.07) is 7.91. The Morgan fingerprint density at radius 3 is 2.88 bits per heavy atom. The predicted molar refractivity (Wildman–Crippen MR) is 96.7 cm³/mol. The second-order valence-electron chi connectivity index (χ2n) is 6.54. The van der Waals surface area contributed by atoms with Gasteiger partial charge in [-0.15, -0.1) is 0 Å². The quantitative estimate of drug-likeness (QED) is 0.698. The van der Waals surface area contributed by atoms with E-state index in [9.17, 15) is 4.79 Å². The van der Waals surface area contributed by atoms with Gasteiger partial charge >= 0.3 is 0 Å². The number of para-hydroxylation sites is 1. The van der Waals surface area contributed by atoms with Crippen LogP contribution in [-0.2, 0) is 20.8 Å². The summed E-state index contributed by atoms with van der Waals surface area (Å²) in [5.74, 6) is 0.838. The van der Waals surface area contributed by atoms with Crippen LogP contribution < -0.4 is 10.1 Å². The molecule has 1 heterocycles. The van der Waals surface area contributed by atoms with Crippen molar-refractivity contribution in [2.24, 2.45) is 0 Å². The second kappa shape index (κ2) is 10.4. The van der Waals surface area contributed by atoms with Crippen LogP contribution in [0.2, 0.25) is 0 Å². The molecule has 0 radical (unpaired) electrons. The first-order valence-corrected chi connectivity index (χ1v) is 8.86. The Bertz CT molecular complexity index is 532. The van der Waals surface area contributed by atoms with Crippen molar-refractivity contribution >= 4 is 5.91 Å². The number of nitrogens with one attached hydrogen (secondary N) is 1. The van der Waals surface area contributed by atoms with Gasteiger partial charge < -0.3 is 19.5 Å². The van der Waals surface area contributed by atoms with Crippen molar-refractivity contribution in [3.8, 4) is 5.75 Å². The highest BCUT2D eigenvalue weighted by Crippen LogP contribution is 2.21. The number of methoxy groups -OCH3 is 2. The molecule has 0 saturated carbocycles. The topological polar surface area (TPSA) is 60.0 Å².